The van der Waals surface area contributed by atoms with Crippen LogP contribution < -0.4 is 16.0 Å². The second kappa shape index (κ2) is 7.99. The van der Waals surface area contributed by atoms with E-state index in [1.54, 1.807) is 7.05 Å². The number of guanidine groups is 1. The lowest BCUT2D eigenvalue weighted by atomic mass is 9.96. The molecule has 1 aliphatic carbocycles. The Morgan fingerprint density at radius 1 is 1.13 bits per heavy atom. The van der Waals surface area contributed by atoms with E-state index in [1.165, 1.54) is 32.1 Å². The molecule has 3 aliphatic rings. The van der Waals surface area contributed by atoms with Gasteiger partial charge in [-0.1, -0.05) is 12.8 Å². The number of rotatable bonds is 6. The Labute approximate surface area is 138 Å². The number of amides is 1. The number of aliphatic imine (C=N–C) groups is 1. The predicted octanol–water partition coefficient (Wildman–Crippen LogP) is 1.17. The molecule has 130 valence electrons. The molecule has 2 heterocycles. The van der Waals surface area contributed by atoms with Crippen LogP contribution in [-0.4, -0.2) is 50.3 Å². The first kappa shape index (κ1) is 16.6. The van der Waals surface area contributed by atoms with Gasteiger partial charge in [-0.2, -0.15) is 0 Å². The number of fused-ring (bicyclic) bond motifs is 2. The van der Waals surface area contributed by atoms with Crippen molar-refractivity contribution in [2.45, 2.75) is 69.6 Å². The minimum Gasteiger partial charge on any atom is -0.373 e. The highest BCUT2D eigenvalue weighted by Gasteiger charge is 2.41. The molecule has 3 fully saturated rings. The molecule has 6 nitrogen and oxygen atoms in total. The summed E-state index contributed by atoms with van der Waals surface area (Å²) in [5.74, 6) is 1.59. The molecule has 1 saturated carbocycles. The van der Waals surface area contributed by atoms with E-state index in [1.807, 2.05) is 0 Å². The maximum Gasteiger partial charge on any atom is 0.220 e. The van der Waals surface area contributed by atoms with Crippen LogP contribution in [0.25, 0.3) is 0 Å². The van der Waals surface area contributed by atoms with E-state index in [9.17, 15) is 4.79 Å². The number of nitrogens with zero attached hydrogens (tertiary/aromatic N) is 1. The Morgan fingerprint density at radius 3 is 2.57 bits per heavy atom. The van der Waals surface area contributed by atoms with E-state index in [-0.39, 0.29) is 5.91 Å². The van der Waals surface area contributed by atoms with Crippen molar-refractivity contribution in [2.24, 2.45) is 10.9 Å². The fourth-order valence-corrected chi connectivity index (χ4v) is 4.09. The zero-order chi connectivity index (χ0) is 16.1. The van der Waals surface area contributed by atoms with Gasteiger partial charge in [-0.3, -0.25) is 9.79 Å². The summed E-state index contributed by atoms with van der Waals surface area (Å²) in [6, 6.07) is 0.372. The van der Waals surface area contributed by atoms with Crippen LogP contribution in [0.5, 0.6) is 0 Å². The van der Waals surface area contributed by atoms with Crippen LogP contribution in [-0.2, 0) is 9.53 Å². The molecule has 23 heavy (non-hydrogen) atoms. The summed E-state index contributed by atoms with van der Waals surface area (Å²) in [6.45, 7) is 1.33. The van der Waals surface area contributed by atoms with Crippen LogP contribution in [0, 0.1) is 5.92 Å². The van der Waals surface area contributed by atoms with Crippen molar-refractivity contribution >= 4 is 11.9 Å². The normalized spacial score (nSPS) is 30.7. The fourth-order valence-electron chi connectivity index (χ4n) is 4.09. The summed E-state index contributed by atoms with van der Waals surface area (Å²) in [7, 11) is 1.78. The summed E-state index contributed by atoms with van der Waals surface area (Å²) in [5.41, 5.74) is 0. The van der Waals surface area contributed by atoms with E-state index >= 15 is 0 Å². The number of ether oxygens (including phenoxy) is 1. The fraction of sp³-hybridized carbons (Fsp3) is 0.882. The third-order valence-electron chi connectivity index (χ3n) is 5.34. The van der Waals surface area contributed by atoms with E-state index in [4.69, 9.17) is 4.74 Å². The van der Waals surface area contributed by atoms with Gasteiger partial charge in [0.25, 0.3) is 0 Å². The Bertz CT molecular complexity index is 434. The Balaban J connectivity index is 1.29. The van der Waals surface area contributed by atoms with E-state index in [2.05, 4.69) is 20.9 Å². The average molecular weight is 322 g/mol. The van der Waals surface area contributed by atoms with Gasteiger partial charge < -0.3 is 20.7 Å². The lowest BCUT2D eigenvalue weighted by Crippen LogP contribution is -2.48. The molecule has 0 spiro atoms. The van der Waals surface area contributed by atoms with Gasteiger partial charge >= 0.3 is 0 Å². The smallest absolute Gasteiger partial charge is 0.220 e. The number of hydrogen-bond acceptors (Lipinski definition) is 3. The zero-order valence-corrected chi connectivity index (χ0v) is 14.1. The topological polar surface area (TPSA) is 74.8 Å². The Morgan fingerprint density at radius 2 is 1.91 bits per heavy atom. The van der Waals surface area contributed by atoms with Crippen LogP contribution in [0.1, 0.15) is 51.4 Å². The molecular weight excluding hydrogens is 292 g/mol. The monoisotopic (exact) mass is 322 g/mol. The highest BCUT2D eigenvalue weighted by molar-refractivity contribution is 5.80. The van der Waals surface area contributed by atoms with Crippen molar-refractivity contribution in [3.05, 3.63) is 0 Å². The largest absolute Gasteiger partial charge is 0.373 e. The van der Waals surface area contributed by atoms with Crippen molar-refractivity contribution in [3.63, 3.8) is 0 Å². The minimum atomic E-state index is 0.183. The molecule has 0 radical (unpaired) electrons. The first-order chi connectivity index (χ1) is 11.2. The summed E-state index contributed by atoms with van der Waals surface area (Å²) < 4.78 is 5.85. The molecule has 3 N–H and O–H groups in total. The second-order valence-corrected chi connectivity index (χ2v) is 7.06. The number of nitrogens with one attached hydrogen (secondary N) is 3. The summed E-state index contributed by atoms with van der Waals surface area (Å²) in [5, 5.41) is 9.72. The van der Waals surface area contributed by atoms with Gasteiger partial charge in [0.15, 0.2) is 5.96 Å². The third-order valence-corrected chi connectivity index (χ3v) is 5.34. The van der Waals surface area contributed by atoms with Crippen molar-refractivity contribution in [1.29, 1.82) is 0 Å². The molecule has 2 aliphatic heterocycles. The third kappa shape index (κ3) is 4.59. The van der Waals surface area contributed by atoms with Crippen molar-refractivity contribution in [1.82, 2.24) is 16.0 Å². The SMILES string of the molecule is CN=C(NCCNC(=O)CC1CCCC1)NC1CC2CCC1O2. The number of carbonyl (C=O) groups excluding carboxylic acids is 1. The first-order valence-corrected chi connectivity index (χ1v) is 9.14. The summed E-state index contributed by atoms with van der Waals surface area (Å²) >= 11 is 0. The number of carbonyl (C=O) groups is 1. The maximum absolute atomic E-state index is 11.9. The van der Waals surface area contributed by atoms with Crippen molar-refractivity contribution in [3.8, 4) is 0 Å². The van der Waals surface area contributed by atoms with Gasteiger partial charge in [-0.15, -0.1) is 0 Å². The van der Waals surface area contributed by atoms with Crippen LogP contribution >= 0.6 is 0 Å². The van der Waals surface area contributed by atoms with E-state index in [0.717, 1.165) is 18.8 Å². The highest BCUT2D eigenvalue weighted by Crippen LogP contribution is 2.34. The standard InChI is InChI=1S/C17H30N4O2/c1-18-17(21-14-11-13-6-7-15(14)23-13)20-9-8-19-16(22)10-12-4-2-3-5-12/h12-15H,2-11H2,1H3,(H,19,22)(H2,18,20,21). The minimum absolute atomic E-state index is 0.183. The van der Waals surface area contributed by atoms with Gasteiger partial charge in [0.1, 0.15) is 0 Å². The van der Waals surface area contributed by atoms with Gasteiger partial charge in [0, 0.05) is 26.6 Å². The van der Waals surface area contributed by atoms with Crippen LogP contribution in [0.3, 0.4) is 0 Å². The average Bonchev–Trinajstić information content (AvgIpc) is 3.28. The molecule has 3 rings (SSSR count). The molecule has 6 heteroatoms. The van der Waals surface area contributed by atoms with Gasteiger partial charge in [0.05, 0.1) is 18.2 Å². The lowest BCUT2D eigenvalue weighted by Gasteiger charge is -2.22. The molecule has 3 atom stereocenters. The van der Waals surface area contributed by atoms with Crippen molar-refractivity contribution < 1.29 is 9.53 Å². The quantitative estimate of drug-likeness (QED) is 0.390. The Hall–Kier alpha value is -1.30. The van der Waals surface area contributed by atoms with E-state index in [0.29, 0.717) is 43.7 Å². The lowest BCUT2D eigenvalue weighted by molar-refractivity contribution is -0.121. The molecule has 2 bridgehead atoms. The van der Waals surface area contributed by atoms with Gasteiger partial charge in [-0.25, -0.2) is 0 Å². The molecular formula is C17H30N4O2. The first-order valence-electron chi connectivity index (χ1n) is 9.14. The Kier molecular flexibility index (Phi) is 5.75. The molecule has 0 aromatic rings. The zero-order valence-electron chi connectivity index (χ0n) is 14.1. The van der Waals surface area contributed by atoms with Crippen molar-refractivity contribution in [2.75, 3.05) is 20.1 Å². The predicted molar refractivity (Wildman–Crippen MR) is 90.4 cm³/mol. The van der Waals surface area contributed by atoms with E-state index < -0.39 is 0 Å². The summed E-state index contributed by atoms with van der Waals surface area (Å²) in [6.07, 6.45) is 9.89. The highest BCUT2D eigenvalue weighted by atomic mass is 16.5. The maximum atomic E-state index is 11.9. The molecule has 2 saturated heterocycles. The van der Waals surface area contributed by atoms with Gasteiger partial charge in [-0.05, 0) is 38.0 Å². The molecule has 1 amide bonds. The second-order valence-electron chi connectivity index (χ2n) is 7.06. The van der Waals surface area contributed by atoms with Crippen LogP contribution in [0.15, 0.2) is 4.99 Å². The molecule has 0 aromatic heterocycles. The number of hydrogen-bond donors (Lipinski definition) is 3. The molecule has 0 aromatic carbocycles. The van der Waals surface area contributed by atoms with Crippen LogP contribution in [0.2, 0.25) is 0 Å². The summed E-state index contributed by atoms with van der Waals surface area (Å²) in [4.78, 5) is 16.1. The molecule has 3 unspecified atom stereocenters. The van der Waals surface area contributed by atoms with Crippen LogP contribution in [0.4, 0.5) is 0 Å². The van der Waals surface area contributed by atoms with Gasteiger partial charge in [0.2, 0.25) is 5.91 Å².